The Kier molecular flexibility index (Phi) is 5.45. The molecule has 0 unspecified atom stereocenters. The number of anilines is 1. The average Bonchev–Trinajstić information content (AvgIpc) is 3.08. The van der Waals surface area contributed by atoms with Crippen molar-refractivity contribution in [2.75, 3.05) is 25.6 Å². The molecule has 0 bridgehead atoms. The van der Waals surface area contributed by atoms with Crippen molar-refractivity contribution in [3.8, 4) is 0 Å². The second-order valence-electron chi connectivity index (χ2n) is 6.03. The summed E-state index contributed by atoms with van der Waals surface area (Å²) in [5.41, 5.74) is 1.52. The molecule has 1 aliphatic rings. The first kappa shape index (κ1) is 17.2. The van der Waals surface area contributed by atoms with E-state index in [-0.39, 0.29) is 5.91 Å². The van der Waals surface area contributed by atoms with Gasteiger partial charge >= 0.3 is 5.97 Å². The molecule has 1 N–H and O–H groups in total. The van der Waals surface area contributed by atoms with Crippen molar-refractivity contribution in [1.82, 2.24) is 9.78 Å². The molecule has 1 aliphatic heterocycles. The van der Waals surface area contributed by atoms with E-state index in [1.807, 2.05) is 10.9 Å². The lowest BCUT2D eigenvalue weighted by molar-refractivity contribution is 0.0598. The number of nitrogens with zero attached hydrogens (tertiary/aromatic N) is 2. The topological polar surface area (TPSA) is 82.5 Å². The van der Waals surface area contributed by atoms with Gasteiger partial charge in [-0.25, -0.2) is 4.79 Å². The molecule has 1 aromatic carbocycles. The largest absolute Gasteiger partial charge is 0.465 e. The van der Waals surface area contributed by atoms with Gasteiger partial charge in [-0.3, -0.25) is 9.48 Å². The number of hydrogen-bond donors (Lipinski definition) is 1. The maximum atomic E-state index is 12.3. The van der Waals surface area contributed by atoms with Crippen molar-refractivity contribution in [2.24, 2.45) is 5.92 Å². The standard InChI is InChI=1S/C18H21N3O4/c1-24-18(23)15-4-2-14(3-5-15)17(22)20-16-10-19-21(12-16)11-13-6-8-25-9-7-13/h2-5,10,12-13H,6-9,11H2,1H3,(H,20,22). The molecule has 3 rings (SSSR count). The van der Waals surface area contributed by atoms with Crippen LogP contribution >= 0.6 is 0 Å². The predicted molar refractivity (Wildman–Crippen MR) is 91.5 cm³/mol. The summed E-state index contributed by atoms with van der Waals surface area (Å²) in [5.74, 6) is -0.119. The van der Waals surface area contributed by atoms with Crippen LogP contribution in [0.4, 0.5) is 5.69 Å². The minimum Gasteiger partial charge on any atom is -0.465 e. The van der Waals surface area contributed by atoms with Gasteiger partial charge in [-0.2, -0.15) is 5.10 Å². The smallest absolute Gasteiger partial charge is 0.337 e. The molecule has 0 atom stereocenters. The Balaban J connectivity index is 1.58. The lowest BCUT2D eigenvalue weighted by Gasteiger charge is -2.21. The zero-order chi connectivity index (χ0) is 17.6. The van der Waals surface area contributed by atoms with Gasteiger partial charge in [-0.1, -0.05) is 0 Å². The summed E-state index contributed by atoms with van der Waals surface area (Å²) in [6.45, 7) is 2.43. The molecule has 7 heteroatoms. The van der Waals surface area contributed by atoms with Gasteiger partial charge < -0.3 is 14.8 Å². The number of aromatic nitrogens is 2. The van der Waals surface area contributed by atoms with E-state index in [0.29, 0.717) is 22.7 Å². The monoisotopic (exact) mass is 343 g/mol. The third-order valence-electron chi connectivity index (χ3n) is 4.25. The molecule has 0 aliphatic carbocycles. The molecule has 7 nitrogen and oxygen atoms in total. The Morgan fingerprint density at radius 2 is 1.92 bits per heavy atom. The third kappa shape index (κ3) is 4.45. The van der Waals surface area contributed by atoms with Crippen LogP contribution in [0.2, 0.25) is 0 Å². The molecule has 1 saturated heterocycles. The van der Waals surface area contributed by atoms with Crippen molar-refractivity contribution < 1.29 is 19.1 Å². The van der Waals surface area contributed by atoms with E-state index in [2.05, 4.69) is 15.2 Å². The van der Waals surface area contributed by atoms with E-state index >= 15 is 0 Å². The lowest BCUT2D eigenvalue weighted by atomic mass is 10.0. The Morgan fingerprint density at radius 1 is 1.24 bits per heavy atom. The second-order valence-corrected chi connectivity index (χ2v) is 6.03. The molecule has 0 radical (unpaired) electrons. The molecule has 1 fully saturated rings. The van der Waals surface area contributed by atoms with Crippen LogP contribution in [0.1, 0.15) is 33.6 Å². The molecule has 1 aromatic heterocycles. The van der Waals surface area contributed by atoms with Gasteiger partial charge in [0.25, 0.3) is 5.91 Å². The number of carbonyl (C=O) groups excluding carboxylic acids is 2. The van der Waals surface area contributed by atoms with Gasteiger partial charge in [-0.05, 0) is 43.0 Å². The highest BCUT2D eigenvalue weighted by molar-refractivity contribution is 6.04. The third-order valence-corrected chi connectivity index (χ3v) is 4.25. The highest BCUT2D eigenvalue weighted by Crippen LogP contribution is 2.18. The fourth-order valence-electron chi connectivity index (χ4n) is 2.80. The normalized spacial score (nSPS) is 14.9. The SMILES string of the molecule is COC(=O)c1ccc(C(=O)Nc2cnn(CC3CCOCC3)c2)cc1. The minimum absolute atomic E-state index is 0.248. The Bertz CT molecular complexity index is 733. The van der Waals surface area contributed by atoms with E-state index in [4.69, 9.17) is 4.74 Å². The number of nitrogens with one attached hydrogen (secondary N) is 1. The zero-order valence-electron chi connectivity index (χ0n) is 14.1. The van der Waals surface area contributed by atoms with E-state index in [1.54, 1.807) is 30.5 Å². The molecular formula is C18H21N3O4. The fraction of sp³-hybridized carbons (Fsp3) is 0.389. The molecule has 2 heterocycles. The van der Waals surface area contributed by atoms with Gasteiger partial charge in [-0.15, -0.1) is 0 Å². The summed E-state index contributed by atoms with van der Waals surface area (Å²) in [6, 6.07) is 6.31. The Labute approximate surface area is 145 Å². The summed E-state index contributed by atoms with van der Waals surface area (Å²) in [5, 5.41) is 7.12. The number of carbonyl (C=O) groups is 2. The highest BCUT2D eigenvalue weighted by Gasteiger charge is 2.15. The molecular weight excluding hydrogens is 322 g/mol. The maximum Gasteiger partial charge on any atom is 0.337 e. The van der Waals surface area contributed by atoms with Crippen molar-refractivity contribution >= 4 is 17.6 Å². The molecule has 0 saturated carbocycles. The molecule has 25 heavy (non-hydrogen) atoms. The first-order chi connectivity index (χ1) is 12.2. The minimum atomic E-state index is -0.429. The van der Waals surface area contributed by atoms with Gasteiger partial charge in [0.1, 0.15) is 0 Å². The number of methoxy groups -OCH3 is 1. The van der Waals surface area contributed by atoms with Crippen LogP contribution in [-0.4, -0.2) is 42.0 Å². The number of ether oxygens (including phenoxy) is 2. The van der Waals surface area contributed by atoms with Crippen LogP contribution in [0.15, 0.2) is 36.7 Å². The van der Waals surface area contributed by atoms with Crippen molar-refractivity contribution in [3.63, 3.8) is 0 Å². The van der Waals surface area contributed by atoms with Crippen LogP contribution in [0.25, 0.3) is 0 Å². The predicted octanol–water partition coefficient (Wildman–Crippen LogP) is 2.35. The van der Waals surface area contributed by atoms with Crippen molar-refractivity contribution in [2.45, 2.75) is 19.4 Å². The fourth-order valence-corrected chi connectivity index (χ4v) is 2.80. The number of benzene rings is 1. The number of esters is 1. The highest BCUT2D eigenvalue weighted by atomic mass is 16.5. The summed E-state index contributed by atoms with van der Waals surface area (Å²) in [4.78, 5) is 23.7. The van der Waals surface area contributed by atoms with Gasteiger partial charge in [0.15, 0.2) is 0 Å². The molecule has 1 amide bonds. The second kappa shape index (κ2) is 7.94. The van der Waals surface area contributed by atoms with E-state index in [0.717, 1.165) is 32.6 Å². The summed E-state index contributed by atoms with van der Waals surface area (Å²) in [7, 11) is 1.32. The summed E-state index contributed by atoms with van der Waals surface area (Å²) < 4.78 is 11.9. The van der Waals surface area contributed by atoms with Crippen LogP contribution in [0.3, 0.4) is 0 Å². The molecule has 132 valence electrons. The van der Waals surface area contributed by atoms with Crippen LogP contribution in [0.5, 0.6) is 0 Å². The first-order valence-electron chi connectivity index (χ1n) is 8.25. The first-order valence-corrected chi connectivity index (χ1v) is 8.25. The summed E-state index contributed by atoms with van der Waals surface area (Å²) in [6.07, 6.45) is 5.54. The van der Waals surface area contributed by atoms with Crippen LogP contribution < -0.4 is 5.32 Å². The Morgan fingerprint density at radius 3 is 2.60 bits per heavy atom. The molecule has 2 aromatic rings. The quantitative estimate of drug-likeness (QED) is 0.843. The molecule has 0 spiro atoms. The zero-order valence-corrected chi connectivity index (χ0v) is 14.1. The number of rotatable bonds is 5. The van der Waals surface area contributed by atoms with E-state index in [9.17, 15) is 9.59 Å². The van der Waals surface area contributed by atoms with Gasteiger partial charge in [0, 0.05) is 31.5 Å². The van der Waals surface area contributed by atoms with Gasteiger partial charge in [0.2, 0.25) is 0 Å². The summed E-state index contributed by atoms with van der Waals surface area (Å²) >= 11 is 0. The number of amides is 1. The van der Waals surface area contributed by atoms with E-state index in [1.165, 1.54) is 7.11 Å². The van der Waals surface area contributed by atoms with Gasteiger partial charge in [0.05, 0.1) is 24.6 Å². The lowest BCUT2D eigenvalue weighted by Crippen LogP contribution is -2.20. The average molecular weight is 343 g/mol. The van der Waals surface area contributed by atoms with Crippen molar-refractivity contribution in [1.29, 1.82) is 0 Å². The van der Waals surface area contributed by atoms with E-state index < -0.39 is 5.97 Å². The maximum absolute atomic E-state index is 12.3. The van der Waals surface area contributed by atoms with Crippen LogP contribution in [0, 0.1) is 5.92 Å². The van der Waals surface area contributed by atoms with Crippen molar-refractivity contribution in [3.05, 3.63) is 47.8 Å². The number of hydrogen-bond acceptors (Lipinski definition) is 5. The Hall–Kier alpha value is -2.67. The van der Waals surface area contributed by atoms with Crippen LogP contribution in [-0.2, 0) is 16.0 Å².